The molecular formula is C24H20F2N4OS. The maximum atomic E-state index is 14.6. The van der Waals surface area contributed by atoms with E-state index in [4.69, 9.17) is 0 Å². The maximum Gasteiger partial charge on any atom is 0.230 e. The van der Waals surface area contributed by atoms with Crippen LogP contribution in [0.25, 0.3) is 17.1 Å². The van der Waals surface area contributed by atoms with Crippen molar-refractivity contribution in [2.45, 2.75) is 18.1 Å². The van der Waals surface area contributed by atoms with Crippen LogP contribution in [0, 0.1) is 11.6 Å². The van der Waals surface area contributed by atoms with Crippen molar-refractivity contribution in [2.75, 3.05) is 5.75 Å². The molecule has 1 amide bonds. The van der Waals surface area contributed by atoms with E-state index in [2.05, 4.69) is 15.5 Å². The van der Waals surface area contributed by atoms with Crippen molar-refractivity contribution in [2.24, 2.45) is 0 Å². The monoisotopic (exact) mass is 450 g/mol. The van der Waals surface area contributed by atoms with Gasteiger partial charge in [-0.05, 0) is 24.6 Å². The molecule has 3 aromatic carbocycles. The minimum Gasteiger partial charge on any atom is -0.349 e. The van der Waals surface area contributed by atoms with E-state index in [9.17, 15) is 13.6 Å². The fourth-order valence-corrected chi connectivity index (χ4v) is 4.01. The average Bonchev–Trinajstić information content (AvgIpc) is 3.22. The van der Waals surface area contributed by atoms with Gasteiger partial charge < -0.3 is 5.32 Å². The van der Waals surface area contributed by atoms with Crippen LogP contribution in [-0.2, 0) is 4.79 Å². The van der Waals surface area contributed by atoms with Gasteiger partial charge in [0.05, 0.1) is 17.5 Å². The van der Waals surface area contributed by atoms with Gasteiger partial charge in [-0.2, -0.15) is 0 Å². The molecule has 0 aliphatic rings. The van der Waals surface area contributed by atoms with Gasteiger partial charge in [-0.1, -0.05) is 72.4 Å². The van der Waals surface area contributed by atoms with Crippen LogP contribution in [0.1, 0.15) is 18.5 Å². The van der Waals surface area contributed by atoms with E-state index < -0.39 is 11.6 Å². The largest absolute Gasteiger partial charge is 0.349 e. The average molecular weight is 451 g/mol. The van der Waals surface area contributed by atoms with E-state index in [0.717, 1.165) is 29.0 Å². The summed E-state index contributed by atoms with van der Waals surface area (Å²) in [5.41, 5.74) is 1.82. The maximum absolute atomic E-state index is 14.6. The summed E-state index contributed by atoms with van der Waals surface area (Å²) in [5, 5.41) is 11.7. The Morgan fingerprint density at radius 1 is 1.00 bits per heavy atom. The number of aromatic nitrogens is 3. The summed E-state index contributed by atoms with van der Waals surface area (Å²) in [6, 6.07) is 22.0. The molecule has 1 atom stereocenters. The van der Waals surface area contributed by atoms with Gasteiger partial charge in [0.25, 0.3) is 0 Å². The molecule has 1 N–H and O–H groups in total. The molecule has 1 aromatic heterocycles. The number of hydrogen-bond acceptors (Lipinski definition) is 4. The summed E-state index contributed by atoms with van der Waals surface area (Å²) < 4.78 is 29.6. The van der Waals surface area contributed by atoms with Crippen LogP contribution >= 0.6 is 11.8 Å². The lowest BCUT2D eigenvalue weighted by Crippen LogP contribution is -2.28. The first-order valence-corrected chi connectivity index (χ1v) is 10.9. The van der Waals surface area contributed by atoms with Gasteiger partial charge in [-0.25, -0.2) is 8.78 Å². The smallest absolute Gasteiger partial charge is 0.230 e. The molecule has 0 bridgehead atoms. The molecule has 5 nitrogen and oxygen atoms in total. The highest BCUT2D eigenvalue weighted by Gasteiger charge is 2.20. The fraction of sp³-hybridized carbons (Fsp3) is 0.125. The molecule has 0 aliphatic heterocycles. The highest BCUT2D eigenvalue weighted by atomic mass is 32.2. The second-order valence-electron chi connectivity index (χ2n) is 7.09. The lowest BCUT2D eigenvalue weighted by Gasteiger charge is -2.14. The Morgan fingerprint density at radius 2 is 1.69 bits per heavy atom. The summed E-state index contributed by atoms with van der Waals surface area (Å²) in [4.78, 5) is 12.5. The summed E-state index contributed by atoms with van der Waals surface area (Å²) in [7, 11) is 0. The minimum absolute atomic E-state index is 0.0624. The fourth-order valence-electron chi connectivity index (χ4n) is 3.26. The van der Waals surface area contributed by atoms with Crippen molar-refractivity contribution in [3.05, 3.63) is 96.1 Å². The van der Waals surface area contributed by atoms with Crippen LogP contribution in [-0.4, -0.2) is 26.4 Å². The molecule has 32 heavy (non-hydrogen) atoms. The Morgan fingerprint density at radius 3 is 2.38 bits per heavy atom. The van der Waals surface area contributed by atoms with Crippen LogP contribution in [0.4, 0.5) is 8.78 Å². The molecule has 8 heteroatoms. The van der Waals surface area contributed by atoms with Gasteiger partial charge >= 0.3 is 0 Å². The number of nitrogens with zero attached hydrogens (tertiary/aromatic N) is 3. The molecule has 4 rings (SSSR count). The van der Waals surface area contributed by atoms with E-state index in [0.29, 0.717) is 11.0 Å². The second-order valence-corrected chi connectivity index (χ2v) is 8.03. The quantitative estimate of drug-likeness (QED) is 0.394. The minimum atomic E-state index is -0.744. The lowest BCUT2D eigenvalue weighted by molar-refractivity contribution is -0.119. The second kappa shape index (κ2) is 9.74. The Kier molecular flexibility index (Phi) is 6.61. The van der Waals surface area contributed by atoms with Crippen molar-refractivity contribution >= 4 is 17.7 Å². The standard InChI is InChI=1S/C24H20F2N4OS/c1-16(17-8-4-2-5-9-17)27-22(31)15-32-24-29-28-23(18-10-6-3-7-11-18)30(24)21-13-12-19(25)14-20(21)26/h2-14,16H,15H2,1H3,(H,27,31)/t16-/m0/s1. The first-order valence-electron chi connectivity index (χ1n) is 9.96. The van der Waals surface area contributed by atoms with E-state index in [1.54, 1.807) is 0 Å². The van der Waals surface area contributed by atoms with Crippen molar-refractivity contribution in [1.82, 2.24) is 20.1 Å². The zero-order valence-corrected chi connectivity index (χ0v) is 18.0. The molecule has 0 radical (unpaired) electrons. The highest BCUT2D eigenvalue weighted by molar-refractivity contribution is 7.99. The third-order valence-corrected chi connectivity index (χ3v) is 5.75. The number of hydrogen-bond donors (Lipinski definition) is 1. The Bertz CT molecular complexity index is 1220. The van der Waals surface area contributed by atoms with Crippen LogP contribution in [0.5, 0.6) is 0 Å². The van der Waals surface area contributed by atoms with E-state index in [1.165, 1.54) is 16.7 Å². The molecule has 0 spiro atoms. The molecule has 0 saturated carbocycles. The van der Waals surface area contributed by atoms with Crippen LogP contribution in [0.15, 0.2) is 84.0 Å². The molecule has 0 saturated heterocycles. The Labute approximate surface area is 188 Å². The molecule has 4 aromatic rings. The predicted octanol–water partition coefficient (Wildman–Crippen LogP) is 5.18. The van der Waals surface area contributed by atoms with Gasteiger partial charge in [0.15, 0.2) is 11.0 Å². The van der Waals surface area contributed by atoms with E-state index in [1.807, 2.05) is 67.6 Å². The topological polar surface area (TPSA) is 59.8 Å². The number of thioether (sulfide) groups is 1. The third kappa shape index (κ3) is 4.86. The van der Waals surface area contributed by atoms with Gasteiger partial charge in [-0.3, -0.25) is 9.36 Å². The summed E-state index contributed by atoms with van der Waals surface area (Å²) in [6.45, 7) is 1.90. The lowest BCUT2D eigenvalue weighted by atomic mass is 10.1. The normalized spacial score (nSPS) is 11.8. The summed E-state index contributed by atoms with van der Waals surface area (Å²) in [6.07, 6.45) is 0. The van der Waals surface area contributed by atoms with E-state index >= 15 is 0 Å². The van der Waals surface area contributed by atoms with Gasteiger partial charge in [0, 0.05) is 11.6 Å². The molecule has 0 unspecified atom stereocenters. The first kappa shape index (κ1) is 21.7. The first-order chi connectivity index (χ1) is 15.5. The zero-order chi connectivity index (χ0) is 22.5. The third-order valence-electron chi connectivity index (χ3n) is 4.83. The van der Waals surface area contributed by atoms with Crippen LogP contribution < -0.4 is 5.32 Å². The number of benzene rings is 3. The Balaban J connectivity index is 1.59. The van der Waals surface area contributed by atoms with Gasteiger partial charge in [0.1, 0.15) is 11.6 Å². The number of carbonyl (C=O) groups is 1. The van der Waals surface area contributed by atoms with Crippen LogP contribution in [0.2, 0.25) is 0 Å². The van der Waals surface area contributed by atoms with E-state index in [-0.39, 0.29) is 23.4 Å². The number of rotatable bonds is 7. The van der Waals surface area contributed by atoms with Crippen molar-refractivity contribution in [1.29, 1.82) is 0 Å². The molecular weight excluding hydrogens is 430 g/mol. The van der Waals surface area contributed by atoms with Crippen molar-refractivity contribution < 1.29 is 13.6 Å². The molecule has 0 aliphatic carbocycles. The molecule has 1 heterocycles. The highest BCUT2D eigenvalue weighted by Crippen LogP contribution is 2.29. The van der Waals surface area contributed by atoms with Gasteiger partial charge in [0.2, 0.25) is 5.91 Å². The SMILES string of the molecule is C[C@H](NC(=O)CSc1nnc(-c2ccccc2)n1-c1ccc(F)cc1F)c1ccccc1. The number of carbonyl (C=O) groups excluding carboxylic acids is 1. The number of amides is 1. The predicted molar refractivity (Wildman–Crippen MR) is 120 cm³/mol. The summed E-state index contributed by atoms with van der Waals surface area (Å²) >= 11 is 1.13. The zero-order valence-electron chi connectivity index (χ0n) is 17.2. The Hall–Kier alpha value is -3.52. The molecule has 162 valence electrons. The summed E-state index contributed by atoms with van der Waals surface area (Å²) in [5.74, 6) is -1.15. The molecule has 0 fully saturated rings. The van der Waals surface area contributed by atoms with Crippen LogP contribution in [0.3, 0.4) is 0 Å². The number of nitrogens with one attached hydrogen (secondary N) is 1. The van der Waals surface area contributed by atoms with Gasteiger partial charge in [-0.15, -0.1) is 10.2 Å². The van der Waals surface area contributed by atoms with Crippen molar-refractivity contribution in [3.8, 4) is 17.1 Å². The van der Waals surface area contributed by atoms with Crippen molar-refractivity contribution in [3.63, 3.8) is 0 Å². The number of halogens is 2.